The highest BCUT2D eigenvalue weighted by Crippen LogP contribution is 2.34. The van der Waals surface area contributed by atoms with E-state index in [2.05, 4.69) is 0 Å². The van der Waals surface area contributed by atoms with Gasteiger partial charge in [0.25, 0.3) is 0 Å². The van der Waals surface area contributed by atoms with E-state index in [1.165, 1.54) is 33.5 Å². The maximum atomic E-state index is 12.7. The van der Waals surface area contributed by atoms with Crippen LogP contribution >= 0.6 is 0 Å². The molecule has 0 saturated heterocycles. The molecule has 0 amide bonds. The Labute approximate surface area is 147 Å². The molecule has 0 aliphatic heterocycles. The van der Waals surface area contributed by atoms with Crippen molar-refractivity contribution in [2.45, 2.75) is 11.8 Å². The van der Waals surface area contributed by atoms with E-state index in [1.54, 1.807) is 24.3 Å². The van der Waals surface area contributed by atoms with Crippen molar-refractivity contribution >= 4 is 16.2 Å². The fourth-order valence-electron chi connectivity index (χ4n) is 2.19. The molecule has 0 spiro atoms. The molecule has 0 atom stereocenters. The van der Waals surface area contributed by atoms with E-state index in [4.69, 9.17) is 18.4 Å². The summed E-state index contributed by atoms with van der Waals surface area (Å²) in [6.07, 6.45) is 3.74. The molecule has 0 bridgehead atoms. The van der Waals surface area contributed by atoms with Crippen molar-refractivity contribution in [1.82, 2.24) is 0 Å². The molecule has 0 radical (unpaired) electrons. The Morgan fingerprint density at radius 2 is 1.52 bits per heavy atom. The van der Waals surface area contributed by atoms with Gasteiger partial charge in [0.05, 0.1) is 21.3 Å². The normalized spacial score (nSPS) is 11.4. The monoisotopic (exact) mass is 364 g/mol. The predicted molar refractivity (Wildman–Crippen MR) is 95.1 cm³/mol. The second-order valence-corrected chi connectivity index (χ2v) is 6.48. The van der Waals surface area contributed by atoms with Crippen molar-refractivity contribution in [3.63, 3.8) is 0 Å². The van der Waals surface area contributed by atoms with E-state index in [9.17, 15) is 8.42 Å². The second kappa shape index (κ2) is 7.94. The highest BCUT2D eigenvalue weighted by atomic mass is 32.2. The number of methoxy groups -OCH3 is 3. The van der Waals surface area contributed by atoms with Gasteiger partial charge in [-0.2, -0.15) is 8.42 Å². The Kier molecular flexibility index (Phi) is 5.93. The molecular formula is C18H20O6S. The summed E-state index contributed by atoms with van der Waals surface area (Å²) in [5.41, 5.74) is 0.864. The van der Waals surface area contributed by atoms with E-state index < -0.39 is 10.1 Å². The van der Waals surface area contributed by atoms with Crippen molar-refractivity contribution in [3.05, 3.63) is 48.0 Å². The van der Waals surface area contributed by atoms with Crippen molar-refractivity contribution < 1.29 is 26.8 Å². The third-order valence-electron chi connectivity index (χ3n) is 3.39. The standard InChI is InChI=1S/C18H20O6S/c1-5-6-13-7-9-15(17(11-13)23-4)24-25(19,20)18-12-14(21-2)8-10-16(18)22-3/h5-12H,1-4H3/b6-5+. The van der Waals surface area contributed by atoms with Gasteiger partial charge in [-0.05, 0) is 36.8 Å². The Balaban J connectivity index is 2.45. The van der Waals surface area contributed by atoms with Crippen LogP contribution in [-0.4, -0.2) is 29.7 Å². The van der Waals surface area contributed by atoms with Crippen LogP contribution in [0, 0.1) is 0 Å². The minimum atomic E-state index is -4.15. The van der Waals surface area contributed by atoms with Gasteiger partial charge in [-0.1, -0.05) is 18.2 Å². The van der Waals surface area contributed by atoms with E-state index in [1.807, 2.05) is 19.1 Å². The van der Waals surface area contributed by atoms with E-state index in [-0.39, 0.29) is 16.4 Å². The average Bonchev–Trinajstić information content (AvgIpc) is 2.62. The first-order valence-electron chi connectivity index (χ1n) is 7.42. The number of allylic oxidation sites excluding steroid dienone is 1. The van der Waals surface area contributed by atoms with E-state index in [0.717, 1.165) is 5.56 Å². The van der Waals surface area contributed by atoms with Gasteiger partial charge in [-0.25, -0.2) is 0 Å². The molecule has 0 saturated carbocycles. The Morgan fingerprint density at radius 1 is 0.840 bits per heavy atom. The average molecular weight is 364 g/mol. The lowest BCUT2D eigenvalue weighted by Gasteiger charge is -2.14. The molecule has 0 aliphatic carbocycles. The lowest BCUT2D eigenvalue weighted by Crippen LogP contribution is -2.12. The summed E-state index contributed by atoms with van der Waals surface area (Å²) >= 11 is 0. The quantitative estimate of drug-likeness (QED) is 0.700. The van der Waals surface area contributed by atoms with Gasteiger partial charge in [0.15, 0.2) is 16.4 Å². The molecule has 134 valence electrons. The zero-order valence-corrected chi connectivity index (χ0v) is 15.3. The number of hydrogen-bond acceptors (Lipinski definition) is 6. The molecule has 2 rings (SSSR count). The lowest BCUT2D eigenvalue weighted by molar-refractivity contribution is 0.380. The maximum Gasteiger partial charge on any atom is 0.343 e. The summed E-state index contributed by atoms with van der Waals surface area (Å²) in [7, 11) is 0.124. The van der Waals surface area contributed by atoms with Crippen LogP contribution in [0.1, 0.15) is 12.5 Å². The highest BCUT2D eigenvalue weighted by molar-refractivity contribution is 7.87. The van der Waals surface area contributed by atoms with Crippen molar-refractivity contribution in [1.29, 1.82) is 0 Å². The van der Waals surface area contributed by atoms with E-state index >= 15 is 0 Å². The fourth-order valence-corrected chi connectivity index (χ4v) is 3.31. The molecule has 0 aliphatic rings. The zero-order chi connectivity index (χ0) is 18.4. The number of hydrogen-bond donors (Lipinski definition) is 0. The first-order chi connectivity index (χ1) is 11.9. The van der Waals surface area contributed by atoms with Gasteiger partial charge in [0.2, 0.25) is 0 Å². The van der Waals surface area contributed by atoms with Crippen molar-refractivity contribution in [2.24, 2.45) is 0 Å². The third-order valence-corrected chi connectivity index (χ3v) is 4.64. The molecule has 0 heterocycles. The van der Waals surface area contributed by atoms with Gasteiger partial charge >= 0.3 is 10.1 Å². The molecule has 2 aromatic carbocycles. The minimum Gasteiger partial charge on any atom is -0.497 e. The van der Waals surface area contributed by atoms with Gasteiger partial charge in [0, 0.05) is 6.07 Å². The van der Waals surface area contributed by atoms with Crippen LogP contribution in [0.5, 0.6) is 23.0 Å². The molecule has 6 nitrogen and oxygen atoms in total. The fraction of sp³-hybridized carbons (Fsp3) is 0.222. The summed E-state index contributed by atoms with van der Waals surface area (Å²) in [6, 6.07) is 9.41. The molecular weight excluding hydrogens is 344 g/mol. The van der Waals surface area contributed by atoms with Crippen molar-refractivity contribution in [2.75, 3.05) is 21.3 Å². The van der Waals surface area contributed by atoms with Gasteiger partial charge in [-0.15, -0.1) is 0 Å². The highest BCUT2D eigenvalue weighted by Gasteiger charge is 2.24. The first-order valence-corrected chi connectivity index (χ1v) is 8.83. The van der Waals surface area contributed by atoms with Crippen LogP contribution in [0.2, 0.25) is 0 Å². The molecule has 7 heteroatoms. The topological polar surface area (TPSA) is 71.1 Å². The lowest BCUT2D eigenvalue weighted by atomic mass is 10.2. The van der Waals surface area contributed by atoms with Gasteiger partial charge in [0.1, 0.15) is 11.5 Å². The van der Waals surface area contributed by atoms with Crippen LogP contribution in [0.4, 0.5) is 0 Å². The van der Waals surface area contributed by atoms with Crippen LogP contribution in [0.15, 0.2) is 47.4 Å². The summed E-state index contributed by atoms with van der Waals surface area (Å²) in [5.74, 6) is 0.922. The molecule has 0 fully saturated rings. The summed E-state index contributed by atoms with van der Waals surface area (Å²) in [4.78, 5) is -0.131. The summed E-state index contributed by atoms with van der Waals surface area (Å²) in [5, 5.41) is 0. The van der Waals surface area contributed by atoms with Crippen LogP contribution in [0.25, 0.3) is 6.08 Å². The molecule has 0 unspecified atom stereocenters. The van der Waals surface area contributed by atoms with Crippen molar-refractivity contribution in [3.8, 4) is 23.0 Å². The number of rotatable bonds is 7. The predicted octanol–water partition coefficient (Wildman–Crippen LogP) is 3.51. The molecule has 2 aromatic rings. The third kappa shape index (κ3) is 4.24. The first kappa shape index (κ1) is 18.7. The SMILES string of the molecule is C/C=C/c1ccc(OS(=O)(=O)c2cc(OC)ccc2OC)c(OC)c1. The van der Waals surface area contributed by atoms with Gasteiger partial charge in [-0.3, -0.25) is 0 Å². The summed E-state index contributed by atoms with van der Waals surface area (Å²) < 4.78 is 46.1. The molecule has 0 N–H and O–H groups in total. The Bertz CT molecular complexity index is 871. The molecule has 0 aromatic heterocycles. The van der Waals surface area contributed by atoms with Crippen LogP contribution < -0.4 is 18.4 Å². The number of benzene rings is 2. The minimum absolute atomic E-state index is 0.0839. The largest absolute Gasteiger partial charge is 0.497 e. The Hall–Kier alpha value is -2.67. The molecule has 25 heavy (non-hydrogen) atoms. The van der Waals surface area contributed by atoms with E-state index in [0.29, 0.717) is 11.5 Å². The zero-order valence-electron chi connectivity index (χ0n) is 14.5. The van der Waals surface area contributed by atoms with Gasteiger partial charge < -0.3 is 18.4 Å². The number of ether oxygens (including phenoxy) is 3. The van der Waals surface area contributed by atoms with Crippen LogP contribution in [-0.2, 0) is 10.1 Å². The Morgan fingerprint density at radius 3 is 2.12 bits per heavy atom. The smallest absolute Gasteiger partial charge is 0.343 e. The maximum absolute atomic E-state index is 12.7. The summed E-state index contributed by atoms with van der Waals surface area (Å²) in [6.45, 7) is 1.89. The van der Waals surface area contributed by atoms with Crippen LogP contribution in [0.3, 0.4) is 0 Å². The second-order valence-electron chi connectivity index (χ2n) is 4.96.